The predicted octanol–water partition coefficient (Wildman–Crippen LogP) is 0.908. The molecule has 0 amide bonds. The third-order valence-electron chi connectivity index (χ3n) is 5.28. The Morgan fingerprint density at radius 3 is 2.59 bits per heavy atom. The molecule has 0 aromatic carbocycles. The van der Waals surface area contributed by atoms with Gasteiger partial charge < -0.3 is 25.2 Å². The number of guanidine groups is 1. The Bertz CT molecular complexity index is 406. The zero-order valence-electron chi connectivity index (χ0n) is 17.6. The Morgan fingerprint density at radius 1 is 1.07 bits per heavy atom. The molecule has 0 saturated carbocycles. The molecule has 0 aromatic rings. The number of aliphatic imine (C=N–C) groups is 1. The van der Waals surface area contributed by atoms with Crippen LogP contribution in [0.2, 0.25) is 0 Å². The number of nitrogens with zero attached hydrogens (tertiary/aromatic N) is 4. The van der Waals surface area contributed by atoms with E-state index in [4.69, 9.17) is 9.73 Å². The lowest BCUT2D eigenvalue weighted by Gasteiger charge is -2.31. The van der Waals surface area contributed by atoms with E-state index < -0.39 is 0 Å². The summed E-state index contributed by atoms with van der Waals surface area (Å²) in [5.41, 5.74) is 0. The standard InChI is InChI=1S/C19H40N6O.HI/c1-4-20-19(22-17-18(2)25-13-15-26-16-14-25)21-7-5-9-24-10-6-8-23(3)11-12-24;/h18H,4-17H2,1-3H3,(H2,20,21,22);1H. The molecule has 0 spiro atoms. The minimum absolute atomic E-state index is 0. The molecule has 7 nitrogen and oxygen atoms in total. The van der Waals surface area contributed by atoms with Crippen molar-refractivity contribution in [3.8, 4) is 0 Å². The van der Waals surface area contributed by atoms with E-state index in [-0.39, 0.29) is 24.0 Å². The average molecular weight is 496 g/mol. The first kappa shape index (κ1) is 24.9. The first-order valence-electron chi connectivity index (χ1n) is 10.4. The maximum absolute atomic E-state index is 5.43. The Kier molecular flexibility index (Phi) is 13.6. The summed E-state index contributed by atoms with van der Waals surface area (Å²) in [7, 11) is 2.22. The minimum atomic E-state index is 0. The largest absolute Gasteiger partial charge is 0.379 e. The predicted molar refractivity (Wildman–Crippen MR) is 124 cm³/mol. The second-order valence-electron chi connectivity index (χ2n) is 7.50. The summed E-state index contributed by atoms with van der Waals surface area (Å²) in [4.78, 5) is 12.3. The Labute approximate surface area is 183 Å². The van der Waals surface area contributed by atoms with Gasteiger partial charge in [-0.25, -0.2) is 0 Å². The number of likely N-dealkylation sites (N-methyl/N-ethyl adjacent to an activating group) is 1. The zero-order chi connectivity index (χ0) is 18.6. The van der Waals surface area contributed by atoms with Crippen molar-refractivity contribution in [2.45, 2.75) is 32.7 Å². The Balaban J connectivity index is 0.00000364. The van der Waals surface area contributed by atoms with Crippen LogP contribution in [0.15, 0.2) is 4.99 Å². The van der Waals surface area contributed by atoms with Crippen molar-refractivity contribution in [2.24, 2.45) is 4.99 Å². The summed E-state index contributed by atoms with van der Waals surface area (Å²) in [6.45, 7) is 16.8. The van der Waals surface area contributed by atoms with Crippen LogP contribution in [0.5, 0.6) is 0 Å². The lowest BCUT2D eigenvalue weighted by molar-refractivity contribution is 0.0220. The van der Waals surface area contributed by atoms with E-state index in [1.165, 1.54) is 39.1 Å². The molecule has 0 radical (unpaired) electrons. The number of ether oxygens (including phenoxy) is 1. The molecular weight excluding hydrogens is 455 g/mol. The van der Waals surface area contributed by atoms with Gasteiger partial charge in [-0.15, -0.1) is 24.0 Å². The number of morpholine rings is 1. The summed E-state index contributed by atoms with van der Waals surface area (Å²) in [5.74, 6) is 0.947. The summed E-state index contributed by atoms with van der Waals surface area (Å²) in [6.07, 6.45) is 2.45. The lowest BCUT2D eigenvalue weighted by Crippen LogP contribution is -2.44. The van der Waals surface area contributed by atoms with Crippen molar-refractivity contribution < 1.29 is 4.74 Å². The second-order valence-corrected chi connectivity index (χ2v) is 7.50. The average Bonchev–Trinajstić information content (AvgIpc) is 2.87. The minimum Gasteiger partial charge on any atom is -0.379 e. The molecule has 2 aliphatic rings. The fourth-order valence-corrected chi connectivity index (χ4v) is 3.53. The van der Waals surface area contributed by atoms with Gasteiger partial charge in [-0.05, 0) is 53.4 Å². The number of hydrogen-bond acceptors (Lipinski definition) is 5. The molecule has 2 saturated heterocycles. The van der Waals surface area contributed by atoms with Crippen LogP contribution < -0.4 is 10.6 Å². The normalized spacial score (nSPS) is 22.0. The van der Waals surface area contributed by atoms with Crippen molar-refractivity contribution in [1.29, 1.82) is 0 Å². The van der Waals surface area contributed by atoms with Crippen molar-refractivity contribution in [2.75, 3.05) is 85.7 Å². The molecule has 8 heteroatoms. The fraction of sp³-hybridized carbons (Fsp3) is 0.947. The highest BCUT2D eigenvalue weighted by Crippen LogP contribution is 2.04. The van der Waals surface area contributed by atoms with E-state index in [9.17, 15) is 0 Å². The quantitative estimate of drug-likeness (QED) is 0.226. The van der Waals surface area contributed by atoms with Crippen LogP contribution in [0.1, 0.15) is 26.7 Å². The molecule has 2 rings (SSSR count). The molecule has 2 fully saturated rings. The molecule has 2 heterocycles. The van der Waals surface area contributed by atoms with Crippen molar-refractivity contribution >= 4 is 29.9 Å². The number of rotatable bonds is 8. The van der Waals surface area contributed by atoms with Gasteiger partial charge in [0.25, 0.3) is 0 Å². The lowest BCUT2D eigenvalue weighted by atomic mass is 10.2. The molecule has 2 aliphatic heterocycles. The van der Waals surface area contributed by atoms with Gasteiger partial charge in [-0.1, -0.05) is 0 Å². The SMILES string of the molecule is CCNC(=NCC(C)N1CCOCC1)NCCCN1CCCN(C)CC1.I. The van der Waals surface area contributed by atoms with E-state index in [0.29, 0.717) is 6.04 Å². The van der Waals surface area contributed by atoms with Crippen LogP contribution >= 0.6 is 24.0 Å². The summed E-state index contributed by atoms with van der Waals surface area (Å²) in [6, 6.07) is 0.462. The highest BCUT2D eigenvalue weighted by atomic mass is 127. The first-order valence-corrected chi connectivity index (χ1v) is 10.4. The van der Waals surface area contributed by atoms with Crippen LogP contribution in [0, 0.1) is 0 Å². The maximum Gasteiger partial charge on any atom is 0.191 e. The number of hydrogen-bond donors (Lipinski definition) is 2. The fourth-order valence-electron chi connectivity index (χ4n) is 3.53. The highest BCUT2D eigenvalue weighted by Gasteiger charge is 2.16. The van der Waals surface area contributed by atoms with E-state index in [1.54, 1.807) is 0 Å². The van der Waals surface area contributed by atoms with E-state index in [1.807, 2.05) is 0 Å². The molecule has 27 heavy (non-hydrogen) atoms. The number of nitrogens with one attached hydrogen (secondary N) is 2. The summed E-state index contributed by atoms with van der Waals surface area (Å²) >= 11 is 0. The van der Waals surface area contributed by atoms with Crippen LogP contribution in [-0.2, 0) is 4.74 Å². The topological polar surface area (TPSA) is 55.4 Å². The number of halogens is 1. The molecular formula is C19H41IN6O. The smallest absolute Gasteiger partial charge is 0.191 e. The molecule has 0 aromatic heterocycles. The van der Waals surface area contributed by atoms with Crippen LogP contribution in [0.4, 0.5) is 0 Å². The van der Waals surface area contributed by atoms with Gasteiger partial charge in [-0.3, -0.25) is 9.89 Å². The molecule has 1 atom stereocenters. The van der Waals surface area contributed by atoms with Gasteiger partial charge in [0, 0.05) is 45.3 Å². The van der Waals surface area contributed by atoms with Crippen molar-refractivity contribution in [1.82, 2.24) is 25.3 Å². The summed E-state index contributed by atoms with van der Waals surface area (Å²) in [5, 5.41) is 6.87. The first-order chi connectivity index (χ1) is 12.7. The van der Waals surface area contributed by atoms with Gasteiger partial charge in [0.05, 0.1) is 19.8 Å². The third kappa shape index (κ3) is 10.3. The molecule has 0 bridgehead atoms. The monoisotopic (exact) mass is 496 g/mol. The van der Waals surface area contributed by atoms with E-state index in [2.05, 4.69) is 46.2 Å². The summed E-state index contributed by atoms with van der Waals surface area (Å²) < 4.78 is 5.43. The van der Waals surface area contributed by atoms with Gasteiger partial charge >= 0.3 is 0 Å². The molecule has 2 N–H and O–H groups in total. The zero-order valence-corrected chi connectivity index (χ0v) is 19.9. The maximum atomic E-state index is 5.43. The Hall–Kier alpha value is -0.160. The van der Waals surface area contributed by atoms with Crippen LogP contribution in [0.3, 0.4) is 0 Å². The van der Waals surface area contributed by atoms with Gasteiger partial charge in [0.1, 0.15) is 0 Å². The molecule has 160 valence electrons. The second kappa shape index (κ2) is 14.8. The van der Waals surface area contributed by atoms with Crippen molar-refractivity contribution in [3.05, 3.63) is 0 Å². The van der Waals surface area contributed by atoms with Crippen LogP contribution in [-0.4, -0.2) is 112 Å². The van der Waals surface area contributed by atoms with Gasteiger partial charge in [-0.2, -0.15) is 0 Å². The van der Waals surface area contributed by atoms with Crippen LogP contribution in [0.25, 0.3) is 0 Å². The highest BCUT2D eigenvalue weighted by molar-refractivity contribution is 14.0. The van der Waals surface area contributed by atoms with E-state index >= 15 is 0 Å². The molecule has 0 aliphatic carbocycles. The van der Waals surface area contributed by atoms with E-state index in [0.717, 1.165) is 58.3 Å². The molecule has 1 unspecified atom stereocenters. The third-order valence-corrected chi connectivity index (χ3v) is 5.28. The van der Waals surface area contributed by atoms with Gasteiger partial charge in [0.2, 0.25) is 0 Å². The van der Waals surface area contributed by atoms with Gasteiger partial charge in [0.15, 0.2) is 5.96 Å². The Morgan fingerprint density at radius 2 is 1.85 bits per heavy atom. The van der Waals surface area contributed by atoms with Crippen molar-refractivity contribution in [3.63, 3.8) is 0 Å².